The van der Waals surface area contributed by atoms with Crippen molar-refractivity contribution in [2.45, 2.75) is 32.2 Å². The van der Waals surface area contributed by atoms with Crippen molar-refractivity contribution in [3.05, 3.63) is 35.4 Å². The molecule has 3 rings (SSSR count). The average molecular weight is 258 g/mol. The first kappa shape index (κ1) is 12.7. The Labute approximate surface area is 115 Å². The van der Waals surface area contributed by atoms with E-state index in [9.17, 15) is 4.79 Å². The summed E-state index contributed by atoms with van der Waals surface area (Å²) in [6.07, 6.45) is 3.06. The highest BCUT2D eigenvalue weighted by molar-refractivity contribution is 5.79. The summed E-state index contributed by atoms with van der Waals surface area (Å²) in [6.45, 7) is 5.03. The van der Waals surface area contributed by atoms with Gasteiger partial charge in [-0.1, -0.05) is 29.8 Å². The second kappa shape index (κ2) is 5.33. The van der Waals surface area contributed by atoms with E-state index in [4.69, 9.17) is 0 Å². The molecule has 3 nitrogen and oxygen atoms in total. The number of amides is 1. The zero-order chi connectivity index (χ0) is 13.2. The molecule has 102 valence electrons. The molecule has 1 aromatic carbocycles. The van der Waals surface area contributed by atoms with E-state index in [1.807, 2.05) is 12.1 Å². The van der Waals surface area contributed by atoms with Gasteiger partial charge < -0.3 is 10.2 Å². The van der Waals surface area contributed by atoms with Crippen molar-refractivity contribution in [2.24, 2.45) is 5.92 Å². The maximum absolute atomic E-state index is 12.4. The van der Waals surface area contributed by atoms with Crippen LogP contribution in [0.3, 0.4) is 0 Å². The molecular weight excluding hydrogens is 236 g/mol. The first-order chi connectivity index (χ1) is 9.22. The molecule has 1 aromatic rings. The van der Waals surface area contributed by atoms with Crippen molar-refractivity contribution in [3.63, 3.8) is 0 Å². The van der Waals surface area contributed by atoms with Gasteiger partial charge in [0.2, 0.25) is 5.91 Å². The van der Waals surface area contributed by atoms with Gasteiger partial charge in [-0.25, -0.2) is 0 Å². The Balaban J connectivity index is 1.62. The minimum atomic E-state index is 0.279. The highest BCUT2D eigenvalue weighted by atomic mass is 16.2. The van der Waals surface area contributed by atoms with Gasteiger partial charge in [0.25, 0.3) is 0 Å². The summed E-state index contributed by atoms with van der Waals surface area (Å²) < 4.78 is 0. The molecule has 2 heterocycles. The molecule has 1 N–H and O–H groups in total. The van der Waals surface area contributed by atoms with Crippen molar-refractivity contribution in [1.82, 2.24) is 10.2 Å². The topological polar surface area (TPSA) is 32.3 Å². The number of nitrogens with zero attached hydrogens (tertiary/aromatic N) is 1. The van der Waals surface area contributed by atoms with Crippen molar-refractivity contribution < 1.29 is 4.79 Å². The van der Waals surface area contributed by atoms with Crippen LogP contribution in [0.2, 0.25) is 0 Å². The molecule has 3 heteroatoms. The largest absolute Gasteiger partial charge is 0.341 e. The van der Waals surface area contributed by atoms with E-state index < -0.39 is 0 Å². The van der Waals surface area contributed by atoms with Gasteiger partial charge in [0.05, 0.1) is 6.42 Å². The fourth-order valence-corrected chi connectivity index (χ4v) is 3.36. The molecule has 2 aliphatic heterocycles. The number of hydrogen-bond acceptors (Lipinski definition) is 2. The van der Waals surface area contributed by atoms with Gasteiger partial charge in [-0.2, -0.15) is 0 Å². The highest BCUT2D eigenvalue weighted by Gasteiger charge is 2.36. The number of aryl methyl sites for hydroxylation is 1. The van der Waals surface area contributed by atoms with Crippen LogP contribution in [0.25, 0.3) is 0 Å². The number of fused-ring (bicyclic) bond motifs is 1. The third-order valence-corrected chi connectivity index (χ3v) is 4.39. The van der Waals surface area contributed by atoms with E-state index in [0.29, 0.717) is 18.4 Å². The van der Waals surface area contributed by atoms with Crippen LogP contribution < -0.4 is 5.32 Å². The molecule has 0 spiro atoms. The van der Waals surface area contributed by atoms with Crippen molar-refractivity contribution in [1.29, 1.82) is 0 Å². The molecule has 2 saturated heterocycles. The second-order valence-electron chi connectivity index (χ2n) is 5.93. The molecule has 19 heavy (non-hydrogen) atoms. The maximum atomic E-state index is 12.4. The molecule has 0 aliphatic carbocycles. The van der Waals surface area contributed by atoms with Gasteiger partial charge in [-0.3, -0.25) is 4.79 Å². The predicted octanol–water partition coefficient (Wildman–Crippen LogP) is 1.75. The van der Waals surface area contributed by atoms with E-state index in [1.165, 1.54) is 18.4 Å². The molecule has 2 aliphatic rings. The van der Waals surface area contributed by atoms with Crippen molar-refractivity contribution in [3.8, 4) is 0 Å². The number of rotatable bonds is 2. The van der Waals surface area contributed by atoms with E-state index in [1.54, 1.807) is 0 Å². The van der Waals surface area contributed by atoms with E-state index in [2.05, 4.69) is 29.3 Å². The van der Waals surface area contributed by atoms with Crippen LogP contribution in [0.15, 0.2) is 24.3 Å². The molecular formula is C16H22N2O. The van der Waals surface area contributed by atoms with Crippen molar-refractivity contribution >= 4 is 5.91 Å². The number of likely N-dealkylation sites (tertiary alicyclic amines) is 1. The minimum Gasteiger partial charge on any atom is -0.341 e. The molecule has 0 aromatic heterocycles. The summed E-state index contributed by atoms with van der Waals surface area (Å²) in [7, 11) is 0. The lowest BCUT2D eigenvalue weighted by Gasteiger charge is -2.24. The number of carbonyl (C=O) groups excluding carboxylic acids is 1. The number of piperidine rings is 1. The van der Waals surface area contributed by atoms with Crippen LogP contribution in [0.5, 0.6) is 0 Å². The van der Waals surface area contributed by atoms with Crippen LogP contribution in [0.4, 0.5) is 0 Å². The Morgan fingerprint density at radius 3 is 3.11 bits per heavy atom. The third-order valence-electron chi connectivity index (χ3n) is 4.39. The standard InChI is InChI=1S/C16H22N2O/c1-12-4-2-5-13(8-12)9-16(19)18-10-14-6-3-7-17-15(14)11-18/h2,4-5,8,14-15,17H,3,6-7,9-11H2,1H3. The van der Waals surface area contributed by atoms with Gasteiger partial charge in [-0.15, -0.1) is 0 Å². The molecule has 2 unspecified atom stereocenters. The first-order valence-corrected chi connectivity index (χ1v) is 7.29. The highest BCUT2D eigenvalue weighted by Crippen LogP contribution is 2.25. The third kappa shape index (κ3) is 2.81. The molecule has 1 amide bonds. The zero-order valence-electron chi connectivity index (χ0n) is 11.6. The number of carbonyl (C=O) groups is 1. The fraction of sp³-hybridized carbons (Fsp3) is 0.562. The number of nitrogens with one attached hydrogen (secondary N) is 1. The summed E-state index contributed by atoms with van der Waals surface area (Å²) in [5.74, 6) is 0.956. The van der Waals surface area contributed by atoms with Crippen LogP contribution in [0.1, 0.15) is 24.0 Å². The monoisotopic (exact) mass is 258 g/mol. The zero-order valence-corrected chi connectivity index (χ0v) is 11.6. The maximum Gasteiger partial charge on any atom is 0.227 e. The summed E-state index contributed by atoms with van der Waals surface area (Å²) in [5, 5.41) is 3.54. The van der Waals surface area contributed by atoms with E-state index in [0.717, 1.165) is 25.2 Å². The van der Waals surface area contributed by atoms with E-state index >= 15 is 0 Å². The van der Waals surface area contributed by atoms with Crippen LogP contribution in [-0.4, -0.2) is 36.5 Å². The predicted molar refractivity (Wildman–Crippen MR) is 76.0 cm³/mol. The number of benzene rings is 1. The van der Waals surface area contributed by atoms with Gasteiger partial charge in [0.1, 0.15) is 0 Å². The van der Waals surface area contributed by atoms with Gasteiger partial charge >= 0.3 is 0 Å². The summed E-state index contributed by atoms with van der Waals surface area (Å²) in [4.78, 5) is 14.4. The molecule has 0 radical (unpaired) electrons. The van der Waals surface area contributed by atoms with Crippen LogP contribution in [0, 0.1) is 12.8 Å². The van der Waals surface area contributed by atoms with Gasteiger partial charge in [0, 0.05) is 19.1 Å². The smallest absolute Gasteiger partial charge is 0.227 e. The summed E-state index contributed by atoms with van der Waals surface area (Å²) in [6, 6.07) is 8.80. The summed E-state index contributed by atoms with van der Waals surface area (Å²) >= 11 is 0. The molecule has 0 bridgehead atoms. The molecule has 2 atom stereocenters. The molecule has 0 saturated carbocycles. The SMILES string of the molecule is Cc1cccc(CC(=O)N2CC3CCCNC3C2)c1. The van der Waals surface area contributed by atoms with Crippen LogP contribution in [-0.2, 0) is 11.2 Å². The lowest BCUT2D eigenvalue weighted by Crippen LogP contribution is -2.41. The van der Waals surface area contributed by atoms with E-state index in [-0.39, 0.29) is 5.91 Å². The Morgan fingerprint density at radius 2 is 2.32 bits per heavy atom. The summed E-state index contributed by atoms with van der Waals surface area (Å²) in [5.41, 5.74) is 2.36. The first-order valence-electron chi connectivity index (χ1n) is 7.29. The van der Waals surface area contributed by atoms with Crippen LogP contribution >= 0.6 is 0 Å². The Kier molecular flexibility index (Phi) is 3.56. The minimum absolute atomic E-state index is 0.279. The fourth-order valence-electron chi connectivity index (χ4n) is 3.36. The lowest BCUT2D eigenvalue weighted by molar-refractivity contribution is -0.129. The normalized spacial score (nSPS) is 26.3. The quantitative estimate of drug-likeness (QED) is 0.876. The lowest BCUT2D eigenvalue weighted by atomic mass is 9.94. The van der Waals surface area contributed by atoms with Gasteiger partial charge in [0.15, 0.2) is 0 Å². The Morgan fingerprint density at radius 1 is 1.42 bits per heavy atom. The van der Waals surface area contributed by atoms with Gasteiger partial charge in [-0.05, 0) is 37.8 Å². The second-order valence-corrected chi connectivity index (χ2v) is 5.93. The number of hydrogen-bond donors (Lipinski definition) is 1. The Bertz CT molecular complexity index is 458. The van der Waals surface area contributed by atoms with Crippen molar-refractivity contribution in [2.75, 3.05) is 19.6 Å². The average Bonchev–Trinajstić information content (AvgIpc) is 2.82. The Hall–Kier alpha value is -1.35. The molecule has 2 fully saturated rings.